The van der Waals surface area contributed by atoms with E-state index in [9.17, 15) is 0 Å². The maximum absolute atomic E-state index is 5.95. The van der Waals surface area contributed by atoms with Gasteiger partial charge in [-0.3, -0.25) is 0 Å². The number of hydrogen-bond acceptors (Lipinski definition) is 4. The largest absolute Gasteiger partial charge is 0.495 e. The van der Waals surface area contributed by atoms with E-state index in [4.69, 9.17) is 27.9 Å². The first kappa shape index (κ1) is 12.9. The minimum absolute atomic E-state index is 0.193. The van der Waals surface area contributed by atoms with Crippen molar-refractivity contribution in [3.63, 3.8) is 0 Å². The Morgan fingerprint density at radius 1 is 1.17 bits per heavy atom. The van der Waals surface area contributed by atoms with E-state index in [0.717, 1.165) is 11.4 Å². The minimum Gasteiger partial charge on any atom is -0.495 e. The van der Waals surface area contributed by atoms with Gasteiger partial charge in [0.15, 0.2) is 0 Å². The standard InChI is InChI=1S/C12H11Cl2N3O/c1-7-5-11(17-12(14)15-7)16-9-6-8(13)3-4-10(9)18-2/h3-6H,1-2H3,(H,15,16,17). The van der Waals surface area contributed by atoms with Crippen LogP contribution in [0.5, 0.6) is 5.75 Å². The van der Waals surface area contributed by atoms with Gasteiger partial charge >= 0.3 is 0 Å². The summed E-state index contributed by atoms with van der Waals surface area (Å²) in [7, 11) is 1.59. The number of anilines is 2. The zero-order valence-corrected chi connectivity index (χ0v) is 11.4. The van der Waals surface area contributed by atoms with Crippen molar-refractivity contribution in [3.05, 3.63) is 40.3 Å². The molecule has 6 heteroatoms. The highest BCUT2D eigenvalue weighted by Gasteiger charge is 2.06. The molecule has 2 rings (SSSR count). The van der Waals surface area contributed by atoms with Crippen molar-refractivity contribution in [2.75, 3.05) is 12.4 Å². The fourth-order valence-corrected chi connectivity index (χ4v) is 1.91. The van der Waals surface area contributed by atoms with Crippen LogP contribution in [-0.4, -0.2) is 17.1 Å². The van der Waals surface area contributed by atoms with E-state index in [1.54, 1.807) is 31.4 Å². The Labute approximate surface area is 115 Å². The summed E-state index contributed by atoms with van der Waals surface area (Å²) in [5.74, 6) is 1.26. The molecule has 94 valence electrons. The number of aromatic nitrogens is 2. The number of halogens is 2. The summed E-state index contributed by atoms with van der Waals surface area (Å²) in [5, 5.41) is 3.90. The number of rotatable bonds is 3. The quantitative estimate of drug-likeness (QED) is 0.870. The van der Waals surface area contributed by atoms with Crippen LogP contribution in [0.4, 0.5) is 11.5 Å². The second kappa shape index (κ2) is 5.42. The van der Waals surface area contributed by atoms with E-state index >= 15 is 0 Å². The fourth-order valence-electron chi connectivity index (χ4n) is 1.51. The molecule has 0 saturated carbocycles. The molecule has 0 aliphatic heterocycles. The van der Waals surface area contributed by atoms with Crippen LogP contribution in [0.2, 0.25) is 10.3 Å². The third-order valence-electron chi connectivity index (χ3n) is 2.25. The minimum atomic E-state index is 0.193. The zero-order valence-electron chi connectivity index (χ0n) is 9.87. The lowest BCUT2D eigenvalue weighted by Crippen LogP contribution is -1.98. The highest BCUT2D eigenvalue weighted by molar-refractivity contribution is 6.31. The Morgan fingerprint density at radius 2 is 1.94 bits per heavy atom. The monoisotopic (exact) mass is 283 g/mol. The Kier molecular flexibility index (Phi) is 3.89. The van der Waals surface area contributed by atoms with Crippen LogP contribution in [0, 0.1) is 6.92 Å². The highest BCUT2D eigenvalue weighted by Crippen LogP contribution is 2.30. The fraction of sp³-hybridized carbons (Fsp3) is 0.167. The molecule has 0 unspecified atom stereocenters. The second-order valence-corrected chi connectivity index (χ2v) is 4.41. The van der Waals surface area contributed by atoms with Gasteiger partial charge in [-0.2, -0.15) is 0 Å². The molecule has 1 N–H and O–H groups in total. The third kappa shape index (κ3) is 3.03. The maximum atomic E-state index is 5.95. The number of hydrogen-bond donors (Lipinski definition) is 1. The molecule has 0 atom stereocenters. The Bertz CT molecular complexity index is 555. The molecule has 1 aromatic heterocycles. The molecule has 0 radical (unpaired) electrons. The number of ether oxygens (including phenoxy) is 1. The summed E-state index contributed by atoms with van der Waals surface area (Å²) < 4.78 is 5.24. The van der Waals surface area contributed by atoms with E-state index in [-0.39, 0.29) is 5.28 Å². The van der Waals surface area contributed by atoms with Gasteiger partial charge in [0.05, 0.1) is 12.8 Å². The van der Waals surface area contributed by atoms with Crippen LogP contribution in [0.15, 0.2) is 24.3 Å². The summed E-state index contributed by atoms with van der Waals surface area (Å²) in [4.78, 5) is 8.07. The summed E-state index contributed by atoms with van der Waals surface area (Å²) in [5.41, 5.74) is 1.50. The number of benzene rings is 1. The van der Waals surface area contributed by atoms with E-state index in [2.05, 4.69) is 15.3 Å². The highest BCUT2D eigenvalue weighted by atomic mass is 35.5. The normalized spacial score (nSPS) is 10.2. The van der Waals surface area contributed by atoms with Crippen molar-refractivity contribution in [2.24, 2.45) is 0 Å². The van der Waals surface area contributed by atoms with Crippen molar-refractivity contribution in [1.29, 1.82) is 0 Å². The van der Waals surface area contributed by atoms with Gasteiger partial charge in [0.25, 0.3) is 0 Å². The Hall–Kier alpha value is -1.52. The lowest BCUT2D eigenvalue weighted by Gasteiger charge is -2.11. The van der Waals surface area contributed by atoms with E-state index < -0.39 is 0 Å². The molecule has 1 heterocycles. The van der Waals surface area contributed by atoms with Crippen LogP contribution < -0.4 is 10.1 Å². The Morgan fingerprint density at radius 3 is 2.61 bits per heavy atom. The van der Waals surface area contributed by atoms with Gasteiger partial charge < -0.3 is 10.1 Å². The zero-order chi connectivity index (χ0) is 13.1. The first-order chi connectivity index (χ1) is 8.58. The molecule has 1 aromatic carbocycles. The summed E-state index contributed by atoms with van der Waals surface area (Å²) in [6.07, 6.45) is 0. The molecule has 2 aromatic rings. The molecular weight excluding hydrogens is 273 g/mol. The van der Waals surface area contributed by atoms with Crippen molar-refractivity contribution in [3.8, 4) is 5.75 Å². The maximum Gasteiger partial charge on any atom is 0.224 e. The molecular formula is C12H11Cl2N3O. The van der Waals surface area contributed by atoms with Crippen molar-refractivity contribution in [1.82, 2.24) is 9.97 Å². The van der Waals surface area contributed by atoms with Gasteiger partial charge in [0, 0.05) is 16.8 Å². The Balaban J connectivity index is 2.35. The molecule has 0 aliphatic rings. The summed E-state index contributed by atoms with van der Waals surface area (Å²) in [6, 6.07) is 7.07. The first-order valence-corrected chi connectivity index (χ1v) is 5.96. The van der Waals surface area contributed by atoms with E-state index in [0.29, 0.717) is 16.6 Å². The van der Waals surface area contributed by atoms with Crippen molar-refractivity contribution in [2.45, 2.75) is 6.92 Å². The molecule has 0 amide bonds. The number of methoxy groups -OCH3 is 1. The molecule has 4 nitrogen and oxygen atoms in total. The SMILES string of the molecule is COc1ccc(Cl)cc1Nc1cc(C)nc(Cl)n1. The second-order valence-electron chi connectivity index (χ2n) is 3.63. The van der Waals surface area contributed by atoms with Gasteiger partial charge in [-0.05, 0) is 36.7 Å². The van der Waals surface area contributed by atoms with Crippen LogP contribution in [-0.2, 0) is 0 Å². The van der Waals surface area contributed by atoms with Gasteiger partial charge in [0.1, 0.15) is 11.6 Å². The predicted octanol–water partition coefficient (Wildman–Crippen LogP) is 3.84. The molecule has 18 heavy (non-hydrogen) atoms. The molecule has 0 aliphatic carbocycles. The summed E-state index contributed by atoms with van der Waals surface area (Å²) in [6.45, 7) is 1.84. The summed E-state index contributed by atoms with van der Waals surface area (Å²) >= 11 is 11.7. The van der Waals surface area contributed by atoms with Gasteiger partial charge in [-0.25, -0.2) is 9.97 Å². The number of aryl methyl sites for hydroxylation is 1. The van der Waals surface area contributed by atoms with Gasteiger partial charge in [-0.15, -0.1) is 0 Å². The number of nitrogens with zero attached hydrogens (tertiary/aromatic N) is 2. The molecule has 0 saturated heterocycles. The van der Waals surface area contributed by atoms with E-state index in [1.807, 2.05) is 6.92 Å². The van der Waals surface area contributed by atoms with Gasteiger partial charge in [-0.1, -0.05) is 11.6 Å². The molecule has 0 spiro atoms. The lowest BCUT2D eigenvalue weighted by atomic mass is 10.3. The van der Waals surface area contributed by atoms with Crippen LogP contribution in [0.25, 0.3) is 0 Å². The van der Waals surface area contributed by atoms with Crippen molar-refractivity contribution >= 4 is 34.7 Å². The third-order valence-corrected chi connectivity index (χ3v) is 2.66. The average Bonchev–Trinajstić information content (AvgIpc) is 2.27. The van der Waals surface area contributed by atoms with Gasteiger partial charge in [0.2, 0.25) is 5.28 Å². The van der Waals surface area contributed by atoms with E-state index in [1.165, 1.54) is 0 Å². The predicted molar refractivity (Wildman–Crippen MR) is 73.1 cm³/mol. The van der Waals surface area contributed by atoms with Crippen LogP contribution in [0.3, 0.4) is 0 Å². The van der Waals surface area contributed by atoms with Crippen LogP contribution >= 0.6 is 23.2 Å². The lowest BCUT2D eigenvalue weighted by molar-refractivity contribution is 0.417. The van der Waals surface area contributed by atoms with Crippen molar-refractivity contribution < 1.29 is 4.74 Å². The average molecular weight is 284 g/mol. The smallest absolute Gasteiger partial charge is 0.224 e. The van der Waals surface area contributed by atoms with Crippen LogP contribution in [0.1, 0.15) is 5.69 Å². The molecule has 0 bridgehead atoms. The topological polar surface area (TPSA) is 47.0 Å². The first-order valence-electron chi connectivity index (χ1n) is 5.20. The molecule has 0 fully saturated rings. The number of nitrogens with one attached hydrogen (secondary N) is 1.